The number of carbonyl (C=O) groups is 2. The predicted octanol–water partition coefficient (Wildman–Crippen LogP) is 0.207. The number of nitrogens with zero attached hydrogens (tertiary/aromatic N) is 1. The number of amides is 1. The fraction of sp³-hybridized carbons (Fsp3) is 0.273. The molecule has 0 aromatic heterocycles. The van der Waals surface area contributed by atoms with Crippen molar-refractivity contribution in [2.75, 3.05) is 25.1 Å². The van der Waals surface area contributed by atoms with Crippen molar-refractivity contribution < 1.29 is 24.4 Å². The fourth-order valence-corrected chi connectivity index (χ4v) is 1.40. The molecule has 4 N–H and O–H groups in total. The number of benzene rings is 1. The lowest BCUT2D eigenvalue weighted by molar-refractivity contribution is -0.384. The monoisotopic (exact) mass is 283 g/mol. The number of carboxylic acid groups (broad SMARTS) is 1. The smallest absolute Gasteiger partial charge is 0.335 e. The minimum absolute atomic E-state index is 0.0672. The SMILES string of the molecule is NC(=O)COCCNc1cc(C(=O)O)ccc1[N+](=O)[O-]. The quantitative estimate of drug-likeness (QED) is 0.351. The molecule has 108 valence electrons. The van der Waals surface area contributed by atoms with E-state index in [1.807, 2.05) is 0 Å². The van der Waals surface area contributed by atoms with E-state index in [0.29, 0.717) is 0 Å². The van der Waals surface area contributed by atoms with Gasteiger partial charge in [-0.3, -0.25) is 14.9 Å². The molecule has 0 spiro atoms. The third kappa shape index (κ3) is 4.53. The van der Waals surface area contributed by atoms with Crippen LogP contribution in [0.15, 0.2) is 18.2 Å². The van der Waals surface area contributed by atoms with Gasteiger partial charge in [-0.1, -0.05) is 0 Å². The van der Waals surface area contributed by atoms with Gasteiger partial charge in [0.25, 0.3) is 5.69 Å². The Kier molecular flexibility index (Phi) is 5.42. The molecule has 0 aliphatic heterocycles. The first-order valence-corrected chi connectivity index (χ1v) is 5.53. The number of rotatable bonds is 8. The number of hydrogen-bond donors (Lipinski definition) is 3. The zero-order chi connectivity index (χ0) is 15.1. The number of aromatic carboxylic acids is 1. The van der Waals surface area contributed by atoms with Gasteiger partial charge >= 0.3 is 5.97 Å². The van der Waals surface area contributed by atoms with Crippen molar-refractivity contribution in [3.05, 3.63) is 33.9 Å². The van der Waals surface area contributed by atoms with Crippen molar-refractivity contribution in [2.24, 2.45) is 5.73 Å². The molecular weight excluding hydrogens is 270 g/mol. The molecule has 0 atom stereocenters. The number of carbonyl (C=O) groups excluding carboxylic acids is 1. The maximum atomic E-state index is 10.8. The van der Waals surface area contributed by atoms with Crippen molar-refractivity contribution in [2.45, 2.75) is 0 Å². The van der Waals surface area contributed by atoms with Crippen LogP contribution in [-0.4, -0.2) is 41.7 Å². The van der Waals surface area contributed by atoms with Gasteiger partial charge in [0, 0.05) is 12.6 Å². The molecule has 9 heteroatoms. The summed E-state index contributed by atoms with van der Waals surface area (Å²) >= 11 is 0. The van der Waals surface area contributed by atoms with Crippen LogP contribution in [0.4, 0.5) is 11.4 Å². The maximum absolute atomic E-state index is 10.8. The van der Waals surface area contributed by atoms with Gasteiger partial charge in [0.2, 0.25) is 5.91 Å². The summed E-state index contributed by atoms with van der Waals surface area (Å²) in [6.07, 6.45) is 0. The fourth-order valence-electron chi connectivity index (χ4n) is 1.40. The zero-order valence-corrected chi connectivity index (χ0v) is 10.4. The molecule has 9 nitrogen and oxygen atoms in total. The van der Waals surface area contributed by atoms with Crippen molar-refractivity contribution in [1.29, 1.82) is 0 Å². The molecule has 20 heavy (non-hydrogen) atoms. The molecule has 0 radical (unpaired) electrons. The van der Waals surface area contributed by atoms with Gasteiger partial charge < -0.3 is 20.9 Å². The average Bonchev–Trinajstić information content (AvgIpc) is 2.37. The molecule has 0 saturated heterocycles. The molecule has 0 aliphatic rings. The molecule has 0 aliphatic carbocycles. The second-order valence-electron chi connectivity index (χ2n) is 3.74. The molecule has 0 bridgehead atoms. The van der Waals surface area contributed by atoms with E-state index in [-0.39, 0.29) is 36.7 Å². The highest BCUT2D eigenvalue weighted by Crippen LogP contribution is 2.25. The molecule has 1 rings (SSSR count). The van der Waals surface area contributed by atoms with Crippen LogP contribution in [0.2, 0.25) is 0 Å². The standard InChI is InChI=1S/C11H13N3O6/c12-10(15)6-20-4-3-13-8-5-7(11(16)17)1-2-9(8)14(18)19/h1-2,5,13H,3-4,6H2,(H2,12,15)(H,16,17). The predicted molar refractivity (Wildman–Crippen MR) is 68.6 cm³/mol. The number of nitro benzene ring substituents is 1. The third-order valence-corrected chi connectivity index (χ3v) is 2.25. The van der Waals surface area contributed by atoms with Crippen LogP contribution in [0, 0.1) is 10.1 Å². The largest absolute Gasteiger partial charge is 0.478 e. The van der Waals surface area contributed by atoms with Gasteiger partial charge in [-0.2, -0.15) is 0 Å². The second kappa shape index (κ2) is 7.04. The Hall–Kier alpha value is -2.68. The molecular formula is C11H13N3O6. The Balaban J connectivity index is 2.70. The average molecular weight is 283 g/mol. The van der Waals surface area contributed by atoms with Crippen LogP contribution < -0.4 is 11.1 Å². The van der Waals surface area contributed by atoms with E-state index in [1.165, 1.54) is 0 Å². The molecule has 0 heterocycles. The third-order valence-electron chi connectivity index (χ3n) is 2.25. The lowest BCUT2D eigenvalue weighted by Gasteiger charge is -2.08. The van der Waals surface area contributed by atoms with E-state index in [0.717, 1.165) is 18.2 Å². The summed E-state index contributed by atoms with van der Waals surface area (Å²) in [6, 6.07) is 3.42. The summed E-state index contributed by atoms with van der Waals surface area (Å²) in [5.74, 6) is -1.81. The van der Waals surface area contributed by atoms with Crippen LogP contribution >= 0.6 is 0 Å². The van der Waals surface area contributed by atoms with Crippen molar-refractivity contribution >= 4 is 23.3 Å². The van der Waals surface area contributed by atoms with Gasteiger partial charge in [0.1, 0.15) is 12.3 Å². The number of primary amides is 1. The first-order valence-electron chi connectivity index (χ1n) is 5.53. The lowest BCUT2D eigenvalue weighted by Crippen LogP contribution is -2.20. The second-order valence-corrected chi connectivity index (χ2v) is 3.74. The number of anilines is 1. The highest BCUT2D eigenvalue weighted by atomic mass is 16.6. The number of nitrogens with two attached hydrogens (primary N) is 1. The van der Waals surface area contributed by atoms with E-state index >= 15 is 0 Å². The van der Waals surface area contributed by atoms with E-state index in [2.05, 4.69) is 5.32 Å². The van der Waals surface area contributed by atoms with E-state index in [9.17, 15) is 19.7 Å². The van der Waals surface area contributed by atoms with Crippen LogP contribution in [-0.2, 0) is 9.53 Å². The zero-order valence-electron chi connectivity index (χ0n) is 10.4. The van der Waals surface area contributed by atoms with Gasteiger partial charge in [0.15, 0.2) is 0 Å². The summed E-state index contributed by atoms with van der Waals surface area (Å²) < 4.78 is 4.87. The van der Waals surface area contributed by atoms with Gasteiger partial charge in [0.05, 0.1) is 17.1 Å². The van der Waals surface area contributed by atoms with Crippen molar-refractivity contribution in [3.63, 3.8) is 0 Å². The topological polar surface area (TPSA) is 145 Å². The first-order chi connectivity index (χ1) is 9.41. The number of nitrogens with one attached hydrogen (secondary N) is 1. The Labute approximate surface area is 113 Å². The normalized spacial score (nSPS) is 10.0. The highest BCUT2D eigenvalue weighted by molar-refractivity contribution is 5.90. The van der Waals surface area contributed by atoms with Gasteiger partial charge in [-0.25, -0.2) is 4.79 Å². The van der Waals surface area contributed by atoms with Crippen molar-refractivity contribution in [3.8, 4) is 0 Å². The van der Waals surface area contributed by atoms with E-state index in [1.54, 1.807) is 0 Å². The van der Waals surface area contributed by atoms with Crippen LogP contribution in [0.25, 0.3) is 0 Å². The van der Waals surface area contributed by atoms with Crippen molar-refractivity contribution in [1.82, 2.24) is 0 Å². The maximum Gasteiger partial charge on any atom is 0.335 e. The van der Waals surface area contributed by atoms with Gasteiger partial charge in [-0.15, -0.1) is 0 Å². The highest BCUT2D eigenvalue weighted by Gasteiger charge is 2.16. The van der Waals surface area contributed by atoms with E-state index in [4.69, 9.17) is 15.6 Å². The summed E-state index contributed by atoms with van der Waals surface area (Å²) in [5, 5.41) is 22.3. The minimum atomic E-state index is -1.19. The number of hydrogen-bond acceptors (Lipinski definition) is 6. The molecule has 0 saturated carbocycles. The summed E-state index contributed by atoms with van der Waals surface area (Å²) in [7, 11) is 0. The first kappa shape index (κ1) is 15.4. The van der Waals surface area contributed by atoms with Crippen LogP contribution in [0.5, 0.6) is 0 Å². The molecule has 1 aromatic carbocycles. The van der Waals surface area contributed by atoms with Gasteiger partial charge in [-0.05, 0) is 12.1 Å². The molecule has 1 aromatic rings. The molecule has 1 amide bonds. The number of ether oxygens (including phenoxy) is 1. The number of carboxylic acids is 1. The molecule has 0 unspecified atom stereocenters. The Morgan fingerprint density at radius 2 is 2.15 bits per heavy atom. The van der Waals surface area contributed by atoms with Crippen LogP contribution in [0.3, 0.4) is 0 Å². The summed E-state index contributed by atoms with van der Waals surface area (Å²) in [5.41, 5.74) is 4.61. The Bertz CT molecular complexity index is 531. The Morgan fingerprint density at radius 1 is 1.45 bits per heavy atom. The van der Waals surface area contributed by atoms with Crippen LogP contribution in [0.1, 0.15) is 10.4 Å². The van der Waals surface area contributed by atoms with E-state index < -0.39 is 16.8 Å². The lowest BCUT2D eigenvalue weighted by atomic mass is 10.1. The summed E-state index contributed by atoms with van der Waals surface area (Å²) in [6.45, 7) is 0.00746. The summed E-state index contributed by atoms with van der Waals surface area (Å²) in [4.78, 5) is 31.4. The minimum Gasteiger partial charge on any atom is -0.478 e. The Morgan fingerprint density at radius 3 is 2.70 bits per heavy atom. The number of nitro groups is 1. The molecule has 0 fully saturated rings.